The van der Waals surface area contributed by atoms with Gasteiger partial charge in [-0.15, -0.1) is 0 Å². The Bertz CT molecular complexity index is 572. The average Bonchev–Trinajstić information content (AvgIpc) is 2.38. The van der Waals surface area contributed by atoms with Gasteiger partial charge in [-0.3, -0.25) is 4.98 Å². The molecule has 0 aliphatic rings. The van der Waals surface area contributed by atoms with Gasteiger partial charge in [-0.2, -0.15) is 0 Å². The molecule has 1 aromatic carbocycles. The van der Waals surface area contributed by atoms with Crippen molar-refractivity contribution in [2.45, 2.75) is 20.1 Å². The summed E-state index contributed by atoms with van der Waals surface area (Å²) >= 11 is 0. The van der Waals surface area contributed by atoms with E-state index in [9.17, 15) is 4.39 Å². The molecule has 19 heavy (non-hydrogen) atoms. The van der Waals surface area contributed by atoms with Crippen molar-refractivity contribution in [1.82, 2.24) is 4.98 Å². The number of halogens is 1. The van der Waals surface area contributed by atoms with Crippen LogP contribution in [0.3, 0.4) is 0 Å². The minimum atomic E-state index is -0.342. The van der Waals surface area contributed by atoms with E-state index >= 15 is 0 Å². The minimum Gasteiger partial charge on any atom is -0.392 e. The third kappa shape index (κ3) is 3.51. The Kier molecular flexibility index (Phi) is 4.12. The van der Waals surface area contributed by atoms with Crippen molar-refractivity contribution < 1.29 is 9.50 Å². The summed E-state index contributed by atoms with van der Waals surface area (Å²) in [5.41, 5.74) is 3.19. The SMILES string of the molecule is Cc1cccc(CN(C)c2cc(F)cc(CO)c2)n1. The van der Waals surface area contributed by atoms with Crippen molar-refractivity contribution in [2.75, 3.05) is 11.9 Å². The Morgan fingerprint density at radius 2 is 2.05 bits per heavy atom. The molecule has 100 valence electrons. The molecule has 0 saturated carbocycles. The van der Waals surface area contributed by atoms with Crippen LogP contribution in [0.15, 0.2) is 36.4 Å². The first-order chi connectivity index (χ1) is 9.08. The molecule has 2 rings (SSSR count). The lowest BCUT2D eigenvalue weighted by molar-refractivity contribution is 0.281. The summed E-state index contributed by atoms with van der Waals surface area (Å²) < 4.78 is 13.4. The zero-order chi connectivity index (χ0) is 13.8. The Labute approximate surface area is 112 Å². The number of anilines is 1. The van der Waals surface area contributed by atoms with Crippen molar-refractivity contribution >= 4 is 5.69 Å². The second-order valence-corrected chi connectivity index (χ2v) is 4.60. The van der Waals surface area contributed by atoms with E-state index in [1.807, 2.05) is 37.1 Å². The summed E-state index contributed by atoms with van der Waals surface area (Å²) in [6.07, 6.45) is 0. The molecule has 0 atom stereocenters. The van der Waals surface area contributed by atoms with E-state index in [-0.39, 0.29) is 12.4 Å². The van der Waals surface area contributed by atoms with E-state index in [2.05, 4.69) is 4.98 Å². The Hall–Kier alpha value is -1.94. The van der Waals surface area contributed by atoms with Gasteiger partial charge in [0.2, 0.25) is 0 Å². The van der Waals surface area contributed by atoms with Crippen LogP contribution >= 0.6 is 0 Å². The number of aliphatic hydroxyl groups excluding tert-OH is 1. The van der Waals surface area contributed by atoms with Gasteiger partial charge in [0.1, 0.15) is 5.82 Å². The molecule has 0 bridgehead atoms. The highest BCUT2D eigenvalue weighted by atomic mass is 19.1. The van der Waals surface area contributed by atoms with Crippen LogP contribution in [0, 0.1) is 12.7 Å². The number of aliphatic hydroxyl groups is 1. The van der Waals surface area contributed by atoms with Gasteiger partial charge in [-0.25, -0.2) is 4.39 Å². The lowest BCUT2D eigenvalue weighted by Crippen LogP contribution is -2.17. The topological polar surface area (TPSA) is 36.4 Å². The van der Waals surface area contributed by atoms with E-state index in [4.69, 9.17) is 5.11 Å². The van der Waals surface area contributed by atoms with Crippen LogP contribution in [0.4, 0.5) is 10.1 Å². The smallest absolute Gasteiger partial charge is 0.125 e. The van der Waals surface area contributed by atoms with Crippen LogP contribution in [0.5, 0.6) is 0 Å². The van der Waals surface area contributed by atoms with Crippen molar-refractivity contribution in [1.29, 1.82) is 0 Å². The van der Waals surface area contributed by atoms with Crippen LogP contribution in [-0.2, 0) is 13.2 Å². The number of hydrogen-bond donors (Lipinski definition) is 1. The fourth-order valence-electron chi connectivity index (χ4n) is 1.97. The Balaban J connectivity index is 2.20. The number of nitrogens with zero attached hydrogens (tertiary/aromatic N) is 2. The standard InChI is InChI=1S/C15H17FN2O/c1-11-4-3-5-14(17-11)9-18(2)15-7-12(10-19)6-13(16)8-15/h3-8,19H,9-10H2,1-2H3. The molecule has 0 saturated heterocycles. The highest BCUT2D eigenvalue weighted by Gasteiger charge is 2.06. The quantitative estimate of drug-likeness (QED) is 0.918. The second kappa shape index (κ2) is 5.80. The number of pyridine rings is 1. The normalized spacial score (nSPS) is 10.5. The Morgan fingerprint density at radius 3 is 2.74 bits per heavy atom. The molecule has 0 amide bonds. The zero-order valence-corrected chi connectivity index (χ0v) is 11.1. The third-order valence-electron chi connectivity index (χ3n) is 2.91. The average molecular weight is 260 g/mol. The molecule has 0 aliphatic carbocycles. The van der Waals surface area contributed by atoms with Crippen molar-refractivity contribution in [3.63, 3.8) is 0 Å². The molecule has 1 N–H and O–H groups in total. The maximum Gasteiger partial charge on any atom is 0.125 e. The fourth-order valence-corrected chi connectivity index (χ4v) is 1.97. The van der Waals surface area contributed by atoms with Gasteiger partial charge >= 0.3 is 0 Å². The number of benzene rings is 1. The predicted octanol–water partition coefficient (Wildman–Crippen LogP) is 2.66. The van der Waals surface area contributed by atoms with Crippen LogP contribution in [0.2, 0.25) is 0 Å². The Morgan fingerprint density at radius 1 is 1.26 bits per heavy atom. The summed E-state index contributed by atoms with van der Waals surface area (Å²) in [7, 11) is 1.87. The molecule has 0 unspecified atom stereocenters. The van der Waals surface area contributed by atoms with Gasteiger partial charge in [-0.1, -0.05) is 6.07 Å². The van der Waals surface area contributed by atoms with Gasteiger partial charge in [0.25, 0.3) is 0 Å². The van der Waals surface area contributed by atoms with Crippen LogP contribution in [0.1, 0.15) is 17.0 Å². The molecule has 4 heteroatoms. The summed E-state index contributed by atoms with van der Waals surface area (Å²) in [4.78, 5) is 6.33. The van der Waals surface area contributed by atoms with Gasteiger partial charge in [0, 0.05) is 18.4 Å². The number of hydrogen-bond acceptors (Lipinski definition) is 3. The van der Waals surface area contributed by atoms with Gasteiger partial charge < -0.3 is 10.0 Å². The third-order valence-corrected chi connectivity index (χ3v) is 2.91. The van der Waals surface area contributed by atoms with Crippen molar-refractivity contribution in [2.24, 2.45) is 0 Å². The predicted molar refractivity (Wildman–Crippen MR) is 73.4 cm³/mol. The van der Waals surface area contributed by atoms with Crippen LogP contribution in [-0.4, -0.2) is 17.1 Å². The van der Waals surface area contributed by atoms with Crippen LogP contribution in [0.25, 0.3) is 0 Å². The summed E-state index contributed by atoms with van der Waals surface area (Å²) in [5.74, 6) is -0.342. The second-order valence-electron chi connectivity index (χ2n) is 4.60. The maximum atomic E-state index is 13.4. The molecule has 2 aromatic rings. The van der Waals surface area contributed by atoms with Gasteiger partial charge in [0.15, 0.2) is 0 Å². The molecule has 1 aromatic heterocycles. The summed E-state index contributed by atoms with van der Waals surface area (Å²) in [6, 6.07) is 10.4. The van der Waals surface area contributed by atoms with E-state index in [1.54, 1.807) is 6.07 Å². The highest BCUT2D eigenvalue weighted by molar-refractivity contribution is 5.48. The summed E-state index contributed by atoms with van der Waals surface area (Å²) in [6.45, 7) is 2.37. The molecular formula is C15H17FN2O. The fraction of sp³-hybridized carbons (Fsp3) is 0.267. The molecule has 3 nitrogen and oxygen atoms in total. The van der Waals surface area contributed by atoms with Crippen molar-refractivity contribution in [3.05, 3.63) is 59.2 Å². The van der Waals surface area contributed by atoms with E-state index in [1.165, 1.54) is 12.1 Å². The summed E-state index contributed by atoms with van der Waals surface area (Å²) in [5, 5.41) is 9.10. The largest absolute Gasteiger partial charge is 0.392 e. The number of aryl methyl sites for hydroxylation is 1. The lowest BCUT2D eigenvalue weighted by Gasteiger charge is -2.20. The van der Waals surface area contributed by atoms with E-state index in [0.717, 1.165) is 17.1 Å². The lowest BCUT2D eigenvalue weighted by atomic mass is 10.2. The van der Waals surface area contributed by atoms with Gasteiger partial charge in [-0.05, 0) is 42.8 Å². The maximum absolute atomic E-state index is 13.4. The molecular weight excluding hydrogens is 243 g/mol. The first-order valence-corrected chi connectivity index (χ1v) is 6.12. The number of rotatable bonds is 4. The first kappa shape index (κ1) is 13.5. The molecule has 1 heterocycles. The molecule has 0 aliphatic heterocycles. The van der Waals surface area contributed by atoms with Gasteiger partial charge in [0.05, 0.1) is 18.8 Å². The minimum absolute atomic E-state index is 0.165. The van der Waals surface area contributed by atoms with Crippen LogP contribution < -0.4 is 4.90 Å². The zero-order valence-electron chi connectivity index (χ0n) is 11.1. The highest BCUT2D eigenvalue weighted by Crippen LogP contribution is 2.19. The molecule has 0 radical (unpaired) electrons. The molecule has 0 spiro atoms. The molecule has 0 fully saturated rings. The first-order valence-electron chi connectivity index (χ1n) is 6.12. The van der Waals surface area contributed by atoms with Crippen molar-refractivity contribution in [3.8, 4) is 0 Å². The van der Waals surface area contributed by atoms with E-state index in [0.29, 0.717) is 12.1 Å². The van der Waals surface area contributed by atoms with E-state index < -0.39 is 0 Å². The monoisotopic (exact) mass is 260 g/mol. The number of aromatic nitrogens is 1.